The van der Waals surface area contributed by atoms with Crippen molar-refractivity contribution in [3.05, 3.63) is 58.7 Å². The van der Waals surface area contributed by atoms with Crippen molar-refractivity contribution >= 4 is 29.3 Å². The molecule has 0 atom stereocenters. The molecule has 0 bridgehead atoms. The van der Waals surface area contributed by atoms with Gasteiger partial charge in [-0.3, -0.25) is 4.79 Å². The quantitative estimate of drug-likeness (QED) is 0.754. The highest BCUT2D eigenvalue weighted by Crippen LogP contribution is 2.29. The predicted molar refractivity (Wildman–Crippen MR) is 87.9 cm³/mol. The molecule has 0 aliphatic rings. The topological polar surface area (TPSA) is 42.0 Å². The van der Waals surface area contributed by atoms with E-state index in [9.17, 15) is 18.0 Å². The summed E-state index contributed by atoms with van der Waals surface area (Å²) in [5.74, 6) is 0.265. The first-order chi connectivity index (χ1) is 11.4. The number of hydrogen-bond donors (Lipinski definition) is 1. The van der Waals surface area contributed by atoms with E-state index in [1.807, 2.05) is 12.1 Å². The molecule has 128 valence electrons. The van der Waals surface area contributed by atoms with E-state index in [1.54, 1.807) is 12.1 Å². The van der Waals surface area contributed by atoms with E-state index in [2.05, 4.69) is 10.3 Å². The Morgan fingerprint density at radius 3 is 2.58 bits per heavy atom. The van der Waals surface area contributed by atoms with Gasteiger partial charge in [-0.2, -0.15) is 13.2 Å². The minimum atomic E-state index is -4.39. The van der Waals surface area contributed by atoms with E-state index < -0.39 is 11.7 Å². The smallest absolute Gasteiger partial charge is 0.352 e. The lowest BCUT2D eigenvalue weighted by molar-refractivity contribution is -0.137. The van der Waals surface area contributed by atoms with Crippen LogP contribution in [0, 0.1) is 0 Å². The number of nitrogens with one attached hydrogen (secondary N) is 1. The third kappa shape index (κ3) is 5.72. The van der Waals surface area contributed by atoms with Gasteiger partial charge >= 0.3 is 6.18 Å². The monoisotopic (exact) mass is 374 g/mol. The van der Waals surface area contributed by atoms with Crippen LogP contribution in [0.5, 0.6) is 0 Å². The molecule has 1 N–H and O–H groups in total. The van der Waals surface area contributed by atoms with Crippen LogP contribution in [0.1, 0.15) is 17.5 Å². The zero-order valence-electron chi connectivity index (χ0n) is 12.4. The maximum atomic E-state index is 12.4. The van der Waals surface area contributed by atoms with Crippen molar-refractivity contribution in [2.45, 2.75) is 24.2 Å². The minimum Gasteiger partial charge on any atom is -0.352 e. The molecule has 0 aliphatic heterocycles. The Bertz CT molecular complexity index is 692. The summed E-state index contributed by atoms with van der Waals surface area (Å²) in [6.45, 7) is 0.335. The largest absolute Gasteiger partial charge is 0.417 e. The minimum absolute atomic E-state index is 0.158. The summed E-state index contributed by atoms with van der Waals surface area (Å²) in [6.07, 6.45) is -3.37. The third-order valence-corrected chi connectivity index (χ3v) is 4.39. The number of hydrogen-bond acceptors (Lipinski definition) is 3. The van der Waals surface area contributed by atoms with E-state index in [-0.39, 0.29) is 12.3 Å². The van der Waals surface area contributed by atoms with Gasteiger partial charge in [0, 0.05) is 29.9 Å². The number of aromatic nitrogens is 1. The van der Waals surface area contributed by atoms with Gasteiger partial charge in [-0.15, -0.1) is 11.8 Å². The lowest BCUT2D eigenvalue weighted by atomic mass is 10.2. The number of benzene rings is 1. The van der Waals surface area contributed by atoms with Gasteiger partial charge in [0.2, 0.25) is 5.91 Å². The lowest BCUT2D eigenvalue weighted by Gasteiger charge is -2.08. The Balaban J connectivity index is 1.74. The second-order valence-corrected chi connectivity index (χ2v) is 6.37. The highest BCUT2D eigenvalue weighted by atomic mass is 35.5. The van der Waals surface area contributed by atoms with Gasteiger partial charge in [0.15, 0.2) is 0 Å². The highest BCUT2D eigenvalue weighted by Gasteiger charge is 2.30. The van der Waals surface area contributed by atoms with Crippen molar-refractivity contribution in [1.29, 1.82) is 0 Å². The summed E-state index contributed by atoms with van der Waals surface area (Å²) in [7, 11) is 0. The van der Waals surface area contributed by atoms with Gasteiger partial charge in [0.05, 0.1) is 10.6 Å². The van der Waals surface area contributed by atoms with Crippen LogP contribution < -0.4 is 5.32 Å². The number of halogens is 4. The van der Waals surface area contributed by atoms with E-state index >= 15 is 0 Å². The van der Waals surface area contributed by atoms with Crippen molar-refractivity contribution in [3.8, 4) is 0 Å². The maximum Gasteiger partial charge on any atom is 0.417 e. The normalized spacial score (nSPS) is 11.3. The number of carbonyl (C=O) groups is 1. The fourth-order valence-corrected chi connectivity index (χ4v) is 2.80. The molecule has 0 spiro atoms. The third-order valence-electron chi connectivity index (χ3n) is 3.08. The molecule has 0 aliphatic carbocycles. The van der Waals surface area contributed by atoms with E-state index in [0.717, 1.165) is 17.8 Å². The Morgan fingerprint density at radius 2 is 1.96 bits per heavy atom. The highest BCUT2D eigenvalue weighted by molar-refractivity contribution is 7.99. The summed E-state index contributed by atoms with van der Waals surface area (Å²) in [5, 5.41) is 3.78. The van der Waals surface area contributed by atoms with Crippen LogP contribution in [0.25, 0.3) is 0 Å². The molecule has 0 unspecified atom stereocenters. The van der Waals surface area contributed by atoms with Crippen LogP contribution in [-0.4, -0.2) is 16.6 Å². The number of amides is 1. The van der Waals surface area contributed by atoms with Crippen LogP contribution in [-0.2, 0) is 17.5 Å². The molecule has 0 fully saturated rings. The van der Waals surface area contributed by atoms with Gasteiger partial charge in [-0.1, -0.05) is 29.8 Å². The van der Waals surface area contributed by atoms with Crippen molar-refractivity contribution in [2.75, 3.05) is 5.75 Å². The summed E-state index contributed by atoms with van der Waals surface area (Å²) in [5.41, 5.74) is 0.0360. The Morgan fingerprint density at radius 1 is 1.21 bits per heavy atom. The fraction of sp³-hybridized carbons (Fsp3) is 0.250. The second kappa shape index (κ2) is 8.39. The summed E-state index contributed by atoms with van der Waals surface area (Å²) in [4.78, 5) is 15.5. The number of pyridine rings is 1. The fourth-order valence-electron chi connectivity index (χ4n) is 1.81. The van der Waals surface area contributed by atoms with Crippen LogP contribution in [0.2, 0.25) is 5.02 Å². The number of alkyl halides is 3. The number of thioether (sulfide) groups is 1. The first-order valence-corrected chi connectivity index (χ1v) is 8.39. The maximum absolute atomic E-state index is 12.4. The molecule has 0 saturated carbocycles. The first-order valence-electron chi connectivity index (χ1n) is 7.02. The zero-order valence-corrected chi connectivity index (χ0v) is 14.0. The number of rotatable bonds is 6. The number of carbonyl (C=O) groups excluding carboxylic acids is 1. The predicted octanol–water partition coefficient (Wildman–Crippen LogP) is 4.55. The molecule has 3 nitrogen and oxygen atoms in total. The summed E-state index contributed by atoms with van der Waals surface area (Å²) < 4.78 is 37.3. The molecule has 2 rings (SSSR count). The van der Waals surface area contributed by atoms with Crippen molar-refractivity contribution in [3.63, 3.8) is 0 Å². The van der Waals surface area contributed by atoms with Crippen LogP contribution in [0.4, 0.5) is 13.2 Å². The standard InChI is InChI=1S/C16H14ClF3N2OS/c17-13-4-2-1-3-11(13)9-21-14(23)7-8-24-15-6-5-12(10-22-15)16(18,19)20/h1-6,10H,7-9H2,(H,21,23). The van der Waals surface area contributed by atoms with Crippen molar-refractivity contribution in [1.82, 2.24) is 10.3 Å². The Labute approximate surface area is 146 Å². The van der Waals surface area contributed by atoms with Gasteiger partial charge in [0.1, 0.15) is 0 Å². The van der Waals surface area contributed by atoms with Crippen LogP contribution >= 0.6 is 23.4 Å². The van der Waals surface area contributed by atoms with Crippen LogP contribution in [0.15, 0.2) is 47.6 Å². The zero-order chi connectivity index (χ0) is 17.6. The van der Waals surface area contributed by atoms with Gasteiger partial charge in [-0.25, -0.2) is 4.98 Å². The SMILES string of the molecule is O=C(CCSc1ccc(C(F)(F)F)cn1)NCc1ccccc1Cl. The Kier molecular flexibility index (Phi) is 6.51. The Hall–Kier alpha value is -1.73. The molecule has 1 amide bonds. The van der Waals surface area contributed by atoms with Gasteiger partial charge in [-0.05, 0) is 23.8 Å². The molecule has 24 heavy (non-hydrogen) atoms. The molecule has 0 saturated heterocycles. The number of nitrogens with zero attached hydrogens (tertiary/aromatic N) is 1. The second-order valence-electron chi connectivity index (χ2n) is 4.85. The summed E-state index contributed by atoms with van der Waals surface area (Å²) >= 11 is 7.22. The molecule has 2 aromatic rings. The molecule has 0 radical (unpaired) electrons. The van der Waals surface area contributed by atoms with Crippen LogP contribution in [0.3, 0.4) is 0 Å². The molecule has 1 aromatic heterocycles. The summed E-state index contributed by atoms with van der Waals surface area (Å²) in [6, 6.07) is 9.49. The van der Waals surface area contributed by atoms with E-state index in [4.69, 9.17) is 11.6 Å². The molecule has 8 heteroatoms. The lowest BCUT2D eigenvalue weighted by Crippen LogP contribution is -2.23. The average Bonchev–Trinajstić information content (AvgIpc) is 2.54. The van der Waals surface area contributed by atoms with Crippen molar-refractivity contribution in [2.24, 2.45) is 0 Å². The van der Waals surface area contributed by atoms with E-state index in [1.165, 1.54) is 17.8 Å². The molecule has 1 heterocycles. The van der Waals surface area contributed by atoms with Crippen molar-refractivity contribution < 1.29 is 18.0 Å². The molecule has 1 aromatic carbocycles. The first kappa shape index (κ1) is 18.6. The molecular weight excluding hydrogens is 361 g/mol. The van der Waals surface area contributed by atoms with E-state index in [0.29, 0.717) is 22.3 Å². The average molecular weight is 375 g/mol. The van der Waals surface area contributed by atoms with Gasteiger partial charge in [0.25, 0.3) is 0 Å². The van der Waals surface area contributed by atoms with Gasteiger partial charge < -0.3 is 5.32 Å². The molecular formula is C16H14ClF3N2OS.